The fourth-order valence-electron chi connectivity index (χ4n) is 0.112. The van der Waals surface area contributed by atoms with Gasteiger partial charge in [0.15, 0.2) is 0 Å². The molecule has 0 aliphatic heterocycles. The average molecular weight is 109 g/mol. The fourth-order valence-corrected chi connectivity index (χ4v) is 0.112. The zero-order chi connectivity index (χ0) is 6.83. The maximum atomic E-state index is 7.82. The first-order valence-electron chi connectivity index (χ1n) is 2.49. The van der Waals surface area contributed by atoms with E-state index in [2.05, 4.69) is 18.9 Å². The molecule has 0 radical (unpaired) electrons. The standard InChI is InChI=1S/C4H7N.C3H4/c1-2-3-4-5;1-3-2/h2-3H2,1H3;1-2H2. The van der Waals surface area contributed by atoms with E-state index in [4.69, 9.17) is 5.26 Å². The minimum Gasteiger partial charge on any atom is -0.198 e. The zero-order valence-electron chi connectivity index (χ0n) is 5.28. The smallest absolute Gasteiger partial charge is 0.0621 e. The predicted molar refractivity (Wildman–Crippen MR) is 35.3 cm³/mol. The van der Waals surface area contributed by atoms with Crippen LogP contribution in [0.1, 0.15) is 19.8 Å². The van der Waals surface area contributed by atoms with Crippen molar-refractivity contribution < 1.29 is 0 Å². The van der Waals surface area contributed by atoms with Crippen molar-refractivity contribution in [1.82, 2.24) is 0 Å². The zero-order valence-corrected chi connectivity index (χ0v) is 5.28. The summed E-state index contributed by atoms with van der Waals surface area (Å²) in [6.07, 6.45) is 1.68. The van der Waals surface area contributed by atoms with E-state index in [0.29, 0.717) is 6.42 Å². The number of hydrogen-bond acceptors (Lipinski definition) is 1. The van der Waals surface area contributed by atoms with E-state index in [1.165, 1.54) is 0 Å². The first-order chi connectivity index (χ1) is 3.83. The summed E-state index contributed by atoms with van der Waals surface area (Å²) in [6.45, 7) is 8.24. The van der Waals surface area contributed by atoms with Crippen molar-refractivity contribution in [3.05, 3.63) is 18.9 Å². The Morgan fingerprint density at radius 1 is 1.50 bits per heavy atom. The molecular weight excluding hydrogens is 98.1 g/mol. The molecule has 0 fully saturated rings. The summed E-state index contributed by atoms with van der Waals surface area (Å²) in [5.74, 6) is 0. The van der Waals surface area contributed by atoms with Crippen LogP contribution in [0.5, 0.6) is 0 Å². The van der Waals surface area contributed by atoms with Gasteiger partial charge in [-0.25, -0.2) is 0 Å². The lowest BCUT2D eigenvalue weighted by molar-refractivity contribution is 0.969. The van der Waals surface area contributed by atoms with Crippen molar-refractivity contribution in [1.29, 1.82) is 5.26 Å². The van der Waals surface area contributed by atoms with Crippen molar-refractivity contribution in [2.24, 2.45) is 0 Å². The summed E-state index contributed by atoms with van der Waals surface area (Å²) >= 11 is 0. The van der Waals surface area contributed by atoms with Crippen LogP contribution in [-0.4, -0.2) is 0 Å². The summed E-state index contributed by atoms with van der Waals surface area (Å²) in [4.78, 5) is 0. The van der Waals surface area contributed by atoms with E-state index in [9.17, 15) is 0 Å². The highest BCUT2D eigenvalue weighted by Gasteiger charge is 1.65. The molecule has 8 heavy (non-hydrogen) atoms. The van der Waals surface area contributed by atoms with Gasteiger partial charge in [0.2, 0.25) is 0 Å². The van der Waals surface area contributed by atoms with Gasteiger partial charge in [0.25, 0.3) is 0 Å². The minimum absolute atomic E-state index is 0.694. The third-order valence-corrected chi connectivity index (χ3v) is 0.362. The Kier molecular flexibility index (Phi) is 21.0. The molecule has 0 rings (SSSR count). The molecule has 0 atom stereocenters. The van der Waals surface area contributed by atoms with Gasteiger partial charge >= 0.3 is 0 Å². The summed E-state index contributed by atoms with van der Waals surface area (Å²) in [7, 11) is 0. The molecule has 0 saturated heterocycles. The van der Waals surface area contributed by atoms with Gasteiger partial charge in [0.1, 0.15) is 0 Å². The van der Waals surface area contributed by atoms with Gasteiger partial charge < -0.3 is 0 Å². The molecule has 0 aliphatic carbocycles. The predicted octanol–water partition coefficient (Wildman–Crippen LogP) is 2.27. The van der Waals surface area contributed by atoms with Gasteiger partial charge in [0.05, 0.1) is 6.07 Å². The Labute approximate surface area is 50.9 Å². The quantitative estimate of drug-likeness (QED) is 0.474. The van der Waals surface area contributed by atoms with Crippen molar-refractivity contribution in [2.75, 3.05) is 0 Å². The third-order valence-electron chi connectivity index (χ3n) is 0.362. The first-order valence-corrected chi connectivity index (χ1v) is 2.49. The number of nitrogens with zero attached hydrogens (tertiary/aromatic N) is 1. The Balaban J connectivity index is 0. The summed E-state index contributed by atoms with van der Waals surface area (Å²) in [5.41, 5.74) is 2.25. The van der Waals surface area contributed by atoms with Gasteiger partial charge in [-0.1, -0.05) is 20.1 Å². The van der Waals surface area contributed by atoms with Gasteiger partial charge in [-0.2, -0.15) is 5.26 Å². The fraction of sp³-hybridized carbons (Fsp3) is 0.429. The molecule has 0 bridgehead atoms. The van der Waals surface area contributed by atoms with Crippen molar-refractivity contribution in [3.8, 4) is 6.07 Å². The largest absolute Gasteiger partial charge is 0.198 e. The molecule has 1 nitrogen and oxygen atoms in total. The minimum atomic E-state index is 0.694. The van der Waals surface area contributed by atoms with Crippen LogP contribution >= 0.6 is 0 Å². The highest BCUT2D eigenvalue weighted by Crippen LogP contribution is 1.77. The Hall–Kier alpha value is -0.990. The van der Waals surface area contributed by atoms with Crippen LogP contribution in [-0.2, 0) is 0 Å². The van der Waals surface area contributed by atoms with Crippen LogP contribution in [0.25, 0.3) is 0 Å². The molecule has 0 aromatic carbocycles. The van der Waals surface area contributed by atoms with Crippen LogP contribution in [0.3, 0.4) is 0 Å². The maximum Gasteiger partial charge on any atom is 0.0621 e. The summed E-state index contributed by atoms with van der Waals surface area (Å²) in [6, 6.07) is 2.02. The molecule has 0 amide bonds. The maximum absolute atomic E-state index is 7.82. The van der Waals surface area contributed by atoms with E-state index < -0.39 is 0 Å². The third kappa shape index (κ3) is 79.0. The Morgan fingerprint density at radius 2 is 1.88 bits per heavy atom. The molecule has 0 aromatic heterocycles. The second kappa shape index (κ2) is 16.7. The second-order valence-corrected chi connectivity index (χ2v) is 1.16. The lowest BCUT2D eigenvalue weighted by Gasteiger charge is -1.65. The highest BCUT2D eigenvalue weighted by molar-refractivity contribution is 4.65. The lowest BCUT2D eigenvalue weighted by Crippen LogP contribution is -1.53. The summed E-state index contributed by atoms with van der Waals surface area (Å²) < 4.78 is 0. The molecule has 1 heteroatoms. The monoisotopic (exact) mass is 109 g/mol. The van der Waals surface area contributed by atoms with Gasteiger partial charge in [-0.05, 0) is 6.42 Å². The van der Waals surface area contributed by atoms with E-state index in [-0.39, 0.29) is 0 Å². The van der Waals surface area contributed by atoms with E-state index in [0.717, 1.165) is 6.42 Å². The Bertz CT molecular complexity index is 91.4. The summed E-state index contributed by atoms with van der Waals surface area (Å²) in [5, 5.41) is 7.82. The van der Waals surface area contributed by atoms with Crippen LogP contribution < -0.4 is 0 Å². The molecule has 0 heterocycles. The normalized spacial score (nSPS) is 5.00. The second-order valence-electron chi connectivity index (χ2n) is 1.16. The van der Waals surface area contributed by atoms with Gasteiger partial charge in [-0.3, -0.25) is 0 Å². The molecule has 0 aliphatic rings. The van der Waals surface area contributed by atoms with Crippen LogP contribution in [0.2, 0.25) is 0 Å². The van der Waals surface area contributed by atoms with E-state index in [1.54, 1.807) is 0 Å². The molecule has 0 N–H and O–H groups in total. The molecule has 0 saturated carbocycles. The van der Waals surface area contributed by atoms with E-state index in [1.807, 2.05) is 13.0 Å². The van der Waals surface area contributed by atoms with Crippen molar-refractivity contribution in [2.45, 2.75) is 19.8 Å². The first kappa shape index (κ1) is 10.1. The topological polar surface area (TPSA) is 23.8 Å². The SMILES string of the molecule is C=C=C.CCCC#N. The molecule has 0 unspecified atom stereocenters. The molecule has 0 spiro atoms. The molecular formula is C7H11N. The average Bonchev–Trinajstić information content (AvgIpc) is 1.71. The van der Waals surface area contributed by atoms with Crippen molar-refractivity contribution in [3.63, 3.8) is 0 Å². The Morgan fingerprint density at radius 3 is 1.88 bits per heavy atom. The number of rotatable bonds is 1. The number of hydrogen-bond donors (Lipinski definition) is 0. The number of nitriles is 1. The number of unbranched alkanes of at least 4 members (excludes halogenated alkanes) is 1. The van der Waals surface area contributed by atoms with E-state index >= 15 is 0 Å². The van der Waals surface area contributed by atoms with Crippen LogP contribution in [0.4, 0.5) is 0 Å². The molecule has 0 aromatic rings. The molecule has 44 valence electrons. The van der Waals surface area contributed by atoms with Crippen LogP contribution in [0.15, 0.2) is 18.9 Å². The van der Waals surface area contributed by atoms with Gasteiger partial charge in [-0.15, -0.1) is 5.73 Å². The van der Waals surface area contributed by atoms with Crippen molar-refractivity contribution >= 4 is 0 Å². The van der Waals surface area contributed by atoms with Gasteiger partial charge in [0, 0.05) is 6.42 Å². The highest BCUT2D eigenvalue weighted by atomic mass is 14.2. The van der Waals surface area contributed by atoms with Crippen LogP contribution in [0, 0.1) is 11.3 Å². The lowest BCUT2D eigenvalue weighted by atomic mass is 10.4.